The normalized spacial score (nSPS) is 13.3. The molecule has 0 atom stereocenters. The first-order valence-electron chi connectivity index (χ1n) is 14.7. The van der Waals surface area contributed by atoms with Crippen LogP contribution in [0.3, 0.4) is 0 Å². The molecule has 0 bridgehead atoms. The summed E-state index contributed by atoms with van der Waals surface area (Å²) >= 11 is 0. The van der Waals surface area contributed by atoms with Gasteiger partial charge < -0.3 is 31.9 Å². The van der Waals surface area contributed by atoms with Gasteiger partial charge in [-0.15, -0.1) is 0 Å². The van der Waals surface area contributed by atoms with Gasteiger partial charge in [0.05, 0.1) is 0 Å². The molecule has 0 fully saturated rings. The van der Waals surface area contributed by atoms with Crippen molar-refractivity contribution in [3.05, 3.63) is 0 Å². The van der Waals surface area contributed by atoms with Crippen LogP contribution in [0.25, 0.3) is 0 Å². The van der Waals surface area contributed by atoms with Crippen molar-refractivity contribution in [2.45, 2.75) is 94.9 Å². The van der Waals surface area contributed by atoms with E-state index >= 15 is 0 Å². The fourth-order valence-corrected chi connectivity index (χ4v) is 5.69. The molecule has 0 spiro atoms. The van der Waals surface area contributed by atoms with Crippen LogP contribution in [0, 0.1) is 21.7 Å². The molecule has 0 aliphatic carbocycles. The fourth-order valence-electron chi connectivity index (χ4n) is 5.69. The van der Waals surface area contributed by atoms with E-state index in [9.17, 15) is 9.59 Å². The number of hydrogen-bond donors (Lipinski definition) is 4. The molecule has 0 aliphatic rings. The molecule has 226 valence electrons. The number of carbonyl (C=O) groups is 2. The molecule has 0 aromatic carbocycles. The Morgan fingerprint density at radius 1 is 0.553 bits per heavy atom. The third-order valence-electron chi connectivity index (χ3n) is 6.48. The zero-order valence-electron chi connectivity index (χ0n) is 26.8. The molecular weight excluding hydrogens is 476 g/mol. The highest BCUT2D eigenvalue weighted by atomic mass is 16.2. The number of hydrogen-bond acceptors (Lipinski definition) is 6. The second-order valence-electron chi connectivity index (χ2n) is 15.1. The summed E-state index contributed by atoms with van der Waals surface area (Å²) in [5.41, 5.74) is 12.3. The Morgan fingerprint density at radius 2 is 0.868 bits per heavy atom. The van der Waals surface area contributed by atoms with Crippen molar-refractivity contribution >= 4 is 11.8 Å². The molecule has 38 heavy (non-hydrogen) atoms. The van der Waals surface area contributed by atoms with Gasteiger partial charge in [-0.1, -0.05) is 69.2 Å². The summed E-state index contributed by atoms with van der Waals surface area (Å²) in [6.07, 6.45) is 3.00. The van der Waals surface area contributed by atoms with Gasteiger partial charge in [-0.25, -0.2) is 0 Å². The van der Waals surface area contributed by atoms with Crippen molar-refractivity contribution in [3.63, 3.8) is 0 Å². The maximum absolute atomic E-state index is 12.6. The lowest BCUT2D eigenvalue weighted by molar-refractivity contribution is -0.122. The number of carbonyl (C=O) groups excluding carboxylic acids is 2. The third kappa shape index (κ3) is 20.7. The minimum Gasteiger partial charge on any atom is -0.356 e. The molecule has 8 heteroatoms. The van der Waals surface area contributed by atoms with E-state index < -0.39 is 0 Å². The first-order valence-corrected chi connectivity index (χ1v) is 14.7. The molecule has 0 unspecified atom stereocenters. The highest BCUT2D eigenvalue weighted by molar-refractivity contribution is 5.76. The standard InChI is InChI=1S/C30H64N6O2/c1-27(2,3)21-29(7,8)23-33-25(37)11-15-35(17-13-31)19-20-36(18-14-32)16-12-26(38)34-24-30(9,10)22-28(4,5)6/h11-24,31-32H2,1-10H3,(H,33,37)(H,34,38). The average Bonchev–Trinajstić information content (AvgIpc) is 2.73. The van der Waals surface area contributed by atoms with Crippen LogP contribution in [0.15, 0.2) is 0 Å². The number of nitrogens with zero attached hydrogens (tertiary/aromatic N) is 2. The van der Waals surface area contributed by atoms with Crippen LogP contribution in [0.5, 0.6) is 0 Å². The zero-order valence-corrected chi connectivity index (χ0v) is 26.8. The average molecular weight is 541 g/mol. The van der Waals surface area contributed by atoms with Crippen LogP contribution in [0.2, 0.25) is 0 Å². The van der Waals surface area contributed by atoms with E-state index in [4.69, 9.17) is 11.5 Å². The van der Waals surface area contributed by atoms with Gasteiger partial charge in [-0.05, 0) is 34.5 Å². The monoisotopic (exact) mass is 541 g/mol. The molecule has 0 aliphatic heterocycles. The molecule has 8 nitrogen and oxygen atoms in total. The molecule has 0 saturated heterocycles. The van der Waals surface area contributed by atoms with Crippen molar-refractivity contribution < 1.29 is 9.59 Å². The lowest BCUT2D eigenvalue weighted by atomic mass is 9.76. The second kappa shape index (κ2) is 16.8. The van der Waals surface area contributed by atoms with Crippen molar-refractivity contribution in [2.75, 3.05) is 65.4 Å². The van der Waals surface area contributed by atoms with Crippen molar-refractivity contribution in [1.29, 1.82) is 0 Å². The van der Waals surface area contributed by atoms with E-state index in [1.165, 1.54) is 0 Å². The SMILES string of the molecule is CC(C)(C)CC(C)(C)CNC(=O)CCN(CCN)CCN(CCN)CCC(=O)NCC(C)(C)CC(C)(C)C. The predicted molar refractivity (Wildman–Crippen MR) is 162 cm³/mol. The third-order valence-corrected chi connectivity index (χ3v) is 6.48. The Balaban J connectivity index is 4.62. The second-order valence-corrected chi connectivity index (χ2v) is 15.1. The van der Waals surface area contributed by atoms with Crippen LogP contribution < -0.4 is 22.1 Å². The largest absolute Gasteiger partial charge is 0.356 e. The molecule has 2 amide bonds. The predicted octanol–water partition coefficient (Wildman–Crippen LogP) is 3.45. The van der Waals surface area contributed by atoms with E-state index in [-0.39, 0.29) is 33.5 Å². The molecular formula is C30H64N6O2. The van der Waals surface area contributed by atoms with Crippen LogP contribution >= 0.6 is 0 Å². The lowest BCUT2D eigenvalue weighted by Crippen LogP contribution is -2.43. The first-order chi connectivity index (χ1) is 17.3. The first kappa shape index (κ1) is 36.8. The summed E-state index contributed by atoms with van der Waals surface area (Å²) < 4.78 is 0. The van der Waals surface area contributed by atoms with Gasteiger partial charge in [0.25, 0.3) is 0 Å². The topological polar surface area (TPSA) is 117 Å². The Labute approximate surface area is 235 Å². The van der Waals surface area contributed by atoms with Gasteiger partial charge >= 0.3 is 0 Å². The van der Waals surface area contributed by atoms with Gasteiger partial charge in [0.2, 0.25) is 11.8 Å². The Hall–Kier alpha value is -1.22. The highest BCUT2D eigenvalue weighted by Crippen LogP contribution is 2.33. The van der Waals surface area contributed by atoms with Crippen LogP contribution in [-0.4, -0.2) is 87.1 Å². The van der Waals surface area contributed by atoms with E-state index in [1.54, 1.807) is 0 Å². The minimum atomic E-state index is 0.0578. The minimum absolute atomic E-state index is 0.0578. The summed E-state index contributed by atoms with van der Waals surface area (Å²) in [4.78, 5) is 29.6. The van der Waals surface area contributed by atoms with E-state index in [1.807, 2.05) is 0 Å². The van der Waals surface area contributed by atoms with Crippen LogP contribution in [0.4, 0.5) is 0 Å². The molecule has 0 heterocycles. The van der Waals surface area contributed by atoms with E-state index in [2.05, 4.69) is 89.7 Å². The Bertz CT molecular complexity index is 621. The van der Waals surface area contributed by atoms with Crippen molar-refractivity contribution in [2.24, 2.45) is 33.1 Å². The molecule has 0 aromatic rings. The van der Waals surface area contributed by atoms with Gasteiger partial charge in [0.15, 0.2) is 0 Å². The maximum atomic E-state index is 12.6. The Kier molecular flexibility index (Phi) is 16.2. The van der Waals surface area contributed by atoms with Gasteiger partial charge in [-0.2, -0.15) is 0 Å². The number of nitrogens with one attached hydrogen (secondary N) is 2. The van der Waals surface area contributed by atoms with Gasteiger partial charge in [-0.3, -0.25) is 9.59 Å². The Morgan fingerprint density at radius 3 is 1.13 bits per heavy atom. The molecule has 0 rings (SSSR count). The summed E-state index contributed by atoms with van der Waals surface area (Å²) in [6.45, 7) is 29.1. The summed E-state index contributed by atoms with van der Waals surface area (Å²) in [5.74, 6) is 0.165. The quantitative estimate of drug-likeness (QED) is 0.199. The molecule has 0 aromatic heterocycles. The summed E-state index contributed by atoms with van der Waals surface area (Å²) in [5, 5.41) is 6.25. The van der Waals surface area contributed by atoms with E-state index in [0.29, 0.717) is 52.1 Å². The highest BCUT2D eigenvalue weighted by Gasteiger charge is 2.27. The number of nitrogens with two attached hydrogens (primary N) is 2. The summed E-state index contributed by atoms with van der Waals surface area (Å²) in [6, 6.07) is 0. The maximum Gasteiger partial charge on any atom is 0.221 e. The van der Waals surface area contributed by atoms with Gasteiger partial charge in [0.1, 0.15) is 0 Å². The van der Waals surface area contributed by atoms with Crippen LogP contribution in [-0.2, 0) is 9.59 Å². The fraction of sp³-hybridized carbons (Fsp3) is 0.933. The van der Waals surface area contributed by atoms with Crippen molar-refractivity contribution in [1.82, 2.24) is 20.4 Å². The number of rotatable bonds is 19. The summed E-state index contributed by atoms with van der Waals surface area (Å²) in [7, 11) is 0. The van der Waals surface area contributed by atoms with Crippen molar-refractivity contribution in [3.8, 4) is 0 Å². The van der Waals surface area contributed by atoms with Crippen LogP contribution in [0.1, 0.15) is 94.9 Å². The van der Waals surface area contributed by atoms with Gasteiger partial charge in [0, 0.05) is 78.3 Å². The molecule has 6 N–H and O–H groups in total. The number of amides is 2. The molecule has 0 radical (unpaired) electrons. The lowest BCUT2D eigenvalue weighted by Gasteiger charge is -2.33. The van der Waals surface area contributed by atoms with E-state index in [0.717, 1.165) is 39.0 Å². The zero-order chi connectivity index (χ0) is 29.6. The molecule has 0 saturated carbocycles. The smallest absolute Gasteiger partial charge is 0.221 e.